The molecule has 0 bridgehead atoms. The molecular weight excluding hydrogens is 304 g/mol. The van der Waals surface area contributed by atoms with Crippen LogP contribution in [0.4, 0.5) is 0 Å². The van der Waals surface area contributed by atoms with Gasteiger partial charge < -0.3 is 14.1 Å². The smallest absolute Gasteiger partial charge is 0.310 e. The van der Waals surface area contributed by atoms with Gasteiger partial charge >= 0.3 is 5.97 Å². The molecule has 0 amide bonds. The van der Waals surface area contributed by atoms with Crippen LogP contribution in [0.5, 0.6) is 0 Å². The van der Waals surface area contributed by atoms with E-state index < -0.39 is 0 Å². The van der Waals surface area contributed by atoms with Gasteiger partial charge in [0.05, 0.1) is 6.42 Å². The Morgan fingerprint density at radius 2 is 2.08 bits per heavy atom. The van der Waals surface area contributed by atoms with Crippen molar-refractivity contribution in [2.75, 3.05) is 27.2 Å². The van der Waals surface area contributed by atoms with E-state index in [0.29, 0.717) is 12.5 Å². The van der Waals surface area contributed by atoms with E-state index in [1.54, 1.807) is 0 Å². The van der Waals surface area contributed by atoms with E-state index in [1.807, 2.05) is 37.2 Å². The van der Waals surface area contributed by atoms with Crippen molar-refractivity contribution in [3.8, 4) is 0 Å². The molecular formula is C19H26N2O3. The number of likely N-dealkylation sites (N-methyl/N-ethyl adjacent to an activating group) is 1. The summed E-state index contributed by atoms with van der Waals surface area (Å²) in [6.45, 7) is 1.16. The second-order valence-corrected chi connectivity index (χ2v) is 6.89. The lowest BCUT2D eigenvalue weighted by Gasteiger charge is -2.17. The Hall–Kier alpha value is -1.88. The number of aromatic nitrogens is 1. The Balaban J connectivity index is 1.64. The largest absolute Gasteiger partial charge is 0.464 e. The minimum Gasteiger partial charge on any atom is -0.464 e. The van der Waals surface area contributed by atoms with Crippen LogP contribution >= 0.6 is 0 Å². The highest BCUT2D eigenvalue weighted by atomic mass is 16.5. The molecule has 1 fully saturated rings. The van der Waals surface area contributed by atoms with Crippen molar-refractivity contribution in [3.63, 3.8) is 0 Å². The number of rotatable bonds is 6. The zero-order valence-electron chi connectivity index (χ0n) is 14.6. The predicted molar refractivity (Wildman–Crippen MR) is 93.1 cm³/mol. The highest BCUT2D eigenvalue weighted by Gasteiger charge is 2.21. The molecule has 1 saturated carbocycles. The third kappa shape index (κ3) is 4.35. The van der Waals surface area contributed by atoms with Gasteiger partial charge in [-0.1, -0.05) is 25.3 Å². The fraction of sp³-hybridized carbons (Fsp3) is 0.579. The van der Waals surface area contributed by atoms with Crippen molar-refractivity contribution >= 4 is 17.1 Å². The van der Waals surface area contributed by atoms with Gasteiger partial charge in [0.25, 0.3) is 0 Å². The molecule has 5 heteroatoms. The van der Waals surface area contributed by atoms with Crippen LogP contribution < -0.4 is 0 Å². The van der Waals surface area contributed by atoms with Gasteiger partial charge in [-0.25, -0.2) is 4.98 Å². The predicted octanol–water partition coefficient (Wildman–Crippen LogP) is 3.52. The molecule has 0 aliphatic heterocycles. The first-order chi connectivity index (χ1) is 11.6. The summed E-state index contributed by atoms with van der Waals surface area (Å²) in [6, 6.07) is 5.78. The third-order valence-corrected chi connectivity index (χ3v) is 4.57. The van der Waals surface area contributed by atoms with Crippen LogP contribution in [0.15, 0.2) is 22.6 Å². The number of carbonyl (C=O) groups excluding carboxylic acids is 1. The summed E-state index contributed by atoms with van der Waals surface area (Å²) in [7, 11) is 3.91. The van der Waals surface area contributed by atoms with E-state index in [4.69, 9.17) is 9.15 Å². The average Bonchev–Trinajstić information content (AvgIpc) is 2.98. The minimum absolute atomic E-state index is 0.202. The quantitative estimate of drug-likeness (QED) is 0.759. The topological polar surface area (TPSA) is 55.6 Å². The Morgan fingerprint density at radius 3 is 2.83 bits per heavy atom. The van der Waals surface area contributed by atoms with Crippen LogP contribution in [0.2, 0.25) is 0 Å². The van der Waals surface area contributed by atoms with E-state index in [9.17, 15) is 4.79 Å². The van der Waals surface area contributed by atoms with E-state index in [1.165, 1.54) is 19.3 Å². The Kier molecular flexibility index (Phi) is 5.51. The second kappa shape index (κ2) is 7.79. The van der Waals surface area contributed by atoms with Crippen molar-refractivity contribution in [1.29, 1.82) is 0 Å². The molecule has 2 aromatic rings. The van der Waals surface area contributed by atoms with Crippen LogP contribution in [-0.2, 0) is 16.0 Å². The first-order valence-electron chi connectivity index (χ1n) is 8.81. The summed E-state index contributed by atoms with van der Waals surface area (Å²) >= 11 is 0. The van der Waals surface area contributed by atoms with Gasteiger partial charge in [-0.3, -0.25) is 4.79 Å². The number of nitrogens with zero attached hydrogens (tertiary/aromatic N) is 2. The van der Waals surface area contributed by atoms with Crippen molar-refractivity contribution in [3.05, 3.63) is 29.7 Å². The lowest BCUT2D eigenvalue weighted by atomic mass is 9.89. The van der Waals surface area contributed by atoms with Crippen LogP contribution in [0.3, 0.4) is 0 Å². The number of ether oxygens (including phenoxy) is 1. The standard InChI is InChI=1S/C19H26N2O3/c1-21(2)10-11-23-18(22)13-14-8-9-17-16(12-14)20-19(24-17)15-6-4-3-5-7-15/h8-9,12,15H,3-7,10-11,13H2,1-2H3. The normalized spacial score (nSPS) is 16.0. The number of fused-ring (bicyclic) bond motifs is 1. The minimum atomic E-state index is -0.202. The number of hydrogen-bond donors (Lipinski definition) is 0. The SMILES string of the molecule is CN(C)CCOC(=O)Cc1ccc2oc(C3CCCCC3)nc2c1. The second-order valence-electron chi connectivity index (χ2n) is 6.89. The summed E-state index contributed by atoms with van der Waals surface area (Å²) in [5, 5.41) is 0. The van der Waals surface area contributed by atoms with Crippen LogP contribution in [0, 0.1) is 0 Å². The molecule has 0 spiro atoms. The highest BCUT2D eigenvalue weighted by Crippen LogP contribution is 2.33. The van der Waals surface area contributed by atoms with Gasteiger partial charge in [0, 0.05) is 12.5 Å². The monoisotopic (exact) mass is 330 g/mol. The Morgan fingerprint density at radius 1 is 1.29 bits per heavy atom. The Bertz CT molecular complexity index is 687. The van der Waals surface area contributed by atoms with Gasteiger partial charge in [-0.05, 0) is 44.6 Å². The number of carbonyl (C=O) groups is 1. The fourth-order valence-corrected chi connectivity index (χ4v) is 3.18. The molecule has 1 aromatic carbocycles. The average molecular weight is 330 g/mol. The molecule has 1 aliphatic rings. The fourth-order valence-electron chi connectivity index (χ4n) is 3.18. The number of oxazole rings is 1. The molecule has 24 heavy (non-hydrogen) atoms. The van der Waals surface area contributed by atoms with Crippen LogP contribution in [0.25, 0.3) is 11.1 Å². The molecule has 0 N–H and O–H groups in total. The van der Waals surface area contributed by atoms with Crippen molar-refractivity contribution in [2.45, 2.75) is 44.4 Å². The van der Waals surface area contributed by atoms with Gasteiger partial charge in [-0.15, -0.1) is 0 Å². The van der Waals surface area contributed by atoms with Gasteiger partial charge in [0.15, 0.2) is 11.5 Å². The maximum Gasteiger partial charge on any atom is 0.310 e. The summed E-state index contributed by atoms with van der Waals surface area (Å²) in [5.74, 6) is 1.10. The Labute approximate surface area is 143 Å². The number of benzene rings is 1. The molecule has 130 valence electrons. The highest BCUT2D eigenvalue weighted by molar-refractivity contribution is 5.77. The van der Waals surface area contributed by atoms with Crippen molar-refractivity contribution in [1.82, 2.24) is 9.88 Å². The van der Waals surface area contributed by atoms with Crippen molar-refractivity contribution in [2.24, 2.45) is 0 Å². The maximum atomic E-state index is 11.9. The molecule has 3 rings (SSSR count). The van der Waals surface area contributed by atoms with Gasteiger partial charge in [-0.2, -0.15) is 0 Å². The van der Waals surface area contributed by atoms with Crippen molar-refractivity contribution < 1.29 is 13.9 Å². The zero-order valence-corrected chi connectivity index (χ0v) is 14.6. The first kappa shape index (κ1) is 17.0. The van der Waals surface area contributed by atoms with Gasteiger partial charge in [0.1, 0.15) is 12.1 Å². The molecule has 0 saturated heterocycles. The van der Waals surface area contributed by atoms with E-state index in [0.717, 1.165) is 41.9 Å². The van der Waals surface area contributed by atoms with E-state index in [2.05, 4.69) is 4.98 Å². The summed E-state index contributed by atoms with van der Waals surface area (Å²) in [6.07, 6.45) is 6.43. The lowest BCUT2D eigenvalue weighted by Crippen LogP contribution is -2.20. The number of hydrogen-bond acceptors (Lipinski definition) is 5. The lowest BCUT2D eigenvalue weighted by molar-refractivity contribution is -0.143. The first-order valence-corrected chi connectivity index (χ1v) is 8.81. The molecule has 0 unspecified atom stereocenters. The molecule has 1 aliphatic carbocycles. The van der Waals surface area contributed by atoms with E-state index in [-0.39, 0.29) is 12.4 Å². The van der Waals surface area contributed by atoms with E-state index >= 15 is 0 Å². The van der Waals surface area contributed by atoms with Crippen LogP contribution in [-0.4, -0.2) is 43.1 Å². The molecule has 0 radical (unpaired) electrons. The summed E-state index contributed by atoms with van der Waals surface area (Å²) in [5.41, 5.74) is 2.57. The summed E-state index contributed by atoms with van der Waals surface area (Å²) in [4.78, 5) is 18.5. The number of esters is 1. The molecule has 5 nitrogen and oxygen atoms in total. The molecule has 0 atom stereocenters. The molecule has 1 heterocycles. The zero-order chi connectivity index (χ0) is 16.9. The third-order valence-electron chi connectivity index (χ3n) is 4.57. The van der Waals surface area contributed by atoms with Gasteiger partial charge in [0.2, 0.25) is 0 Å². The van der Waals surface area contributed by atoms with Crippen LogP contribution in [0.1, 0.15) is 49.5 Å². The summed E-state index contributed by atoms with van der Waals surface area (Å²) < 4.78 is 11.2. The molecule has 1 aromatic heterocycles. The maximum absolute atomic E-state index is 11.9.